The van der Waals surface area contributed by atoms with Gasteiger partial charge in [0, 0.05) is 18.9 Å². The molecule has 0 bridgehead atoms. The van der Waals surface area contributed by atoms with E-state index in [0.29, 0.717) is 13.0 Å². The van der Waals surface area contributed by atoms with E-state index in [1.807, 2.05) is 0 Å². The minimum Gasteiger partial charge on any atom is -0.466 e. The summed E-state index contributed by atoms with van der Waals surface area (Å²) in [5, 5.41) is 2.42. The molecule has 1 aliphatic rings. The first-order valence-corrected chi connectivity index (χ1v) is 8.19. The average Bonchev–Trinajstić information content (AvgIpc) is 2.89. The molecule has 0 radical (unpaired) electrons. The molecule has 1 unspecified atom stereocenters. The Balaban J connectivity index is 2.81. The summed E-state index contributed by atoms with van der Waals surface area (Å²) >= 11 is 1.02. The maximum atomic E-state index is 12.2. The fraction of sp³-hybridized carbons (Fsp3) is 0.714. The zero-order chi connectivity index (χ0) is 16.0. The number of amides is 1. The van der Waals surface area contributed by atoms with Gasteiger partial charge in [-0.3, -0.25) is 19.2 Å². The van der Waals surface area contributed by atoms with E-state index in [9.17, 15) is 19.2 Å². The number of esters is 1. The third kappa shape index (κ3) is 4.56. The van der Waals surface area contributed by atoms with Crippen LogP contribution in [0, 0.1) is 17.8 Å². The van der Waals surface area contributed by atoms with Crippen LogP contribution >= 0.6 is 11.8 Å². The Bertz CT molecular complexity index is 437. The smallest absolute Gasteiger partial charge is 0.310 e. The highest BCUT2D eigenvalue weighted by Crippen LogP contribution is 2.25. The number of Topliss-reactive ketones (excluding diaryl/α,β-unsaturated/α-hetero) is 1. The molecule has 0 aromatic heterocycles. The van der Waals surface area contributed by atoms with E-state index in [4.69, 9.17) is 4.74 Å². The van der Waals surface area contributed by atoms with E-state index in [2.05, 4.69) is 5.32 Å². The molecule has 1 N–H and O–H groups in total. The van der Waals surface area contributed by atoms with Gasteiger partial charge in [-0.25, -0.2) is 0 Å². The first-order chi connectivity index (χ1) is 9.92. The molecule has 118 valence electrons. The molecule has 21 heavy (non-hydrogen) atoms. The molecule has 1 saturated heterocycles. The van der Waals surface area contributed by atoms with Crippen molar-refractivity contribution in [2.75, 3.05) is 19.4 Å². The zero-order valence-corrected chi connectivity index (χ0v) is 13.3. The molecular weight excluding hydrogens is 294 g/mol. The monoisotopic (exact) mass is 315 g/mol. The van der Waals surface area contributed by atoms with Crippen molar-refractivity contribution in [1.29, 1.82) is 0 Å². The molecule has 1 amide bonds. The summed E-state index contributed by atoms with van der Waals surface area (Å²) in [7, 11) is 0. The highest BCUT2D eigenvalue weighted by Gasteiger charge is 2.37. The lowest BCUT2D eigenvalue weighted by Crippen LogP contribution is -2.34. The van der Waals surface area contributed by atoms with Crippen molar-refractivity contribution >= 4 is 34.5 Å². The van der Waals surface area contributed by atoms with Crippen LogP contribution in [0.1, 0.15) is 26.7 Å². The van der Waals surface area contributed by atoms with Gasteiger partial charge in [0.1, 0.15) is 5.78 Å². The summed E-state index contributed by atoms with van der Waals surface area (Å²) in [5.41, 5.74) is 0. The molecule has 0 aromatic carbocycles. The van der Waals surface area contributed by atoms with Gasteiger partial charge in [0.05, 0.1) is 18.4 Å². The zero-order valence-electron chi connectivity index (χ0n) is 12.5. The number of hydrogen-bond donors (Lipinski definition) is 1. The van der Waals surface area contributed by atoms with E-state index < -0.39 is 23.7 Å². The SMILES string of the molecule is CCOC(=O)[C@@H](CC(=O)C1CCNC1=O)[C@@H](C)C(=O)SC. The first-order valence-electron chi connectivity index (χ1n) is 6.97. The van der Waals surface area contributed by atoms with Crippen molar-refractivity contribution in [2.24, 2.45) is 17.8 Å². The van der Waals surface area contributed by atoms with Crippen molar-refractivity contribution in [3.63, 3.8) is 0 Å². The van der Waals surface area contributed by atoms with E-state index in [1.54, 1.807) is 20.1 Å². The molecule has 1 aliphatic heterocycles. The lowest BCUT2D eigenvalue weighted by atomic mass is 9.86. The Morgan fingerprint density at radius 2 is 2.10 bits per heavy atom. The maximum absolute atomic E-state index is 12.2. The highest BCUT2D eigenvalue weighted by atomic mass is 32.2. The highest BCUT2D eigenvalue weighted by molar-refractivity contribution is 8.13. The van der Waals surface area contributed by atoms with Crippen LogP contribution in [0.2, 0.25) is 0 Å². The van der Waals surface area contributed by atoms with Gasteiger partial charge in [0.2, 0.25) is 5.91 Å². The minimum atomic E-state index is -0.828. The van der Waals surface area contributed by atoms with Gasteiger partial charge in [-0.05, 0) is 19.6 Å². The number of ketones is 1. The molecule has 0 aliphatic carbocycles. The maximum Gasteiger partial charge on any atom is 0.310 e. The van der Waals surface area contributed by atoms with Gasteiger partial charge in [0.25, 0.3) is 0 Å². The lowest BCUT2D eigenvalue weighted by molar-refractivity contribution is -0.153. The van der Waals surface area contributed by atoms with Crippen LogP contribution in [0.15, 0.2) is 0 Å². The van der Waals surface area contributed by atoms with Crippen LogP contribution in [0.3, 0.4) is 0 Å². The van der Waals surface area contributed by atoms with Crippen LogP contribution in [0.4, 0.5) is 0 Å². The van der Waals surface area contributed by atoms with Gasteiger partial charge in [-0.2, -0.15) is 0 Å². The molecule has 0 aromatic rings. The normalized spacial score (nSPS) is 20.5. The Morgan fingerprint density at radius 3 is 2.57 bits per heavy atom. The number of carbonyl (C=O) groups is 4. The Kier molecular flexibility index (Phi) is 6.87. The standard InChI is InChI=1S/C14H21NO5S/c1-4-20-13(18)10(8(2)14(19)21-3)7-11(16)9-5-6-15-12(9)17/h8-10H,4-7H2,1-3H3,(H,15,17)/t8-,9?,10+/m1/s1. The predicted octanol–water partition coefficient (Wildman–Crippen LogP) is 0.787. The van der Waals surface area contributed by atoms with Crippen LogP contribution in [-0.2, 0) is 23.9 Å². The topological polar surface area (TPSA) is 89.5 Å². The molecule has 7 heteroatoms. The summed E-state index contributed by atoms with van der Waals surface area (Å²) in [5.74, 6) is -3.31. The summed E-state index contributed by atoms with van der Waals surface area (Å²) in [6.07, 6.45) is 1.94. The van der Waals surface area contributed by atoms with E-state index in [1.165, 1.54) is 0 Å². The van der Waals surface area contributed by atoms with Crippen LogP contribution < -0.4 is 5.32 Å². The van der Waals surface area contributed by atoms with Crippen LogP contribution in [-0.4, -0.2) is 42.2 Å². The minimum absolute atomic E-state index is 0.135. The van der Waals surface area contributed by atoms with Gasteiger partial charge < -0.3 is 10.1 Å². The van der Waals surface area contributed by atoms with Gasteiger partial charge in [-0.1, -0.05) is 18.7 Å². The average molecular weight is 315 g/mol. The number of rotatable bonds is 7. The van der Waals surface area contributed by atoms with Gasteiger partial charge in [-0.15, -0.1) is 0 Å². The Morgan fingerprint density at radius 1 is 1.43 bits per heavy atom. The molecule has 1 heterocycles. The summed E-state index contributed by atoms with van der Waals surface area (Å²) in [6, 6.07) is 0. The molecule has 3 atom stereocenters. The van der Waals surface area contributed by atoms with Gasteiger partial charge in [0.15, 0.2) is 5.12 Å². The number of ether oxygens (including phenoxy) is 1. The number of hydrogen-bond acceptors (Lipinski definition) is 6. The van der Waals surface area contributed by atoms with Crippen molar-refractivity contribution in [3.05, 3.63) is 0 Å². The van der Waals surface area contributed by atoms with E-state index in [0.717, 1.165) is 11.8 Å². The number of carbonyl (C=O) groups excluding carboxylic acids is 4. The molecular formula is C14H21NO5S. The fourth-order valence-corrected chi connectivity index (χ4v) is 2.86. The van der Waals surface area contributed by atoms with Crippen LogP contribution in [0.5, 0.6) is 0 Å². The molecule has 6 nitrogen and oxygen atoms in total. The van der Waals surface area contributed by atoms with Crippen molar-refractivity contribution < 1.29 is 23.9 Å². The van der Waals surface area contributed by atoms with Crippen LogP contribution in [0.25, 0.3) is 0 Å². The first kappa shape index (κ1) is 17.7. The largest absolute Gasteiger partial charge is 0.466 e. The van der Waals surface area contributed by atoms with E-state index >= 15 is 0 Å². The second kappa shape index (κ2) is 8.17. The summed E-state index contributed by atoms with van der Waals surface area (Å²) < 4.78 is 4.96. The Hall–Kier alpha value is -1.37. The molecule has 1 rings (SSSR count). The fourth-order valence-electron chi connectivity index (χ4n) is 2.32. The summed E-state index contributed by atoms with van der Waals surface area (Å²) in [4.78, 5) is 47.5. The lowest BCUT2D eigenvalue weighted by Gasteiger charge is -2.21. The van der Waals surface area contributed by atoms with Crippen molar-refractivity contribution in [3.8, 4) is 0 Å². The molecule has 0 spiro atoms. The van der Waals surface area contributed by atoms with E-state index in [-0.39, 0.29) is 29.8 Å². The second-order valence-electron chi connectivity index (χ2n) is 4.97. The third-order valence-corrected chi connectivity index (χ3v) is 4.40. The van der Waals surface area contributed by atoms with Crippen molar-refractivity contribution in [1.82, 2.24) is 5.32 Å². The second-order valence-corrected chi connectivity index (χ2v) is 5.78. The number of thioether (sulfide) groups is 1. The van der Waals surface area contributed by atoms with Crippen molar-refractivity contribution in [2.45, 2.75) is 26.7 Å². The third-order valence-electron chi connectivity index (χ3n) is 3.62. The predicted molar refractivity (Wildman–Crippen MR) is 78.5 cm³/mol. The number of nitrogens with one attached hydrogen (secondary N) is 1. The molecule has 0 saturated carbocycles. The molecule has 1 fully saturated rings. The van der Waals surface area contributed by atoms with Gasteiger partial charge >= 0.3 is 5.97 Å². The summed E-state index contributed by atoms with van der Waals surface area (Å²) in [6.45, 7) is 3.94. The quantitative estimate of drug-likeness (QED) is 0.552. The Labute approximate surface area is 128 Å².